The molecule has 0 aliphatic rings. The molecule has 3 rings (SSSR count). The summed E-state index contributed by atoms with van der Waals surface area (Å²) >= 11 is 6.04. The van der Waals surface area contributed by atoms with Gasteiger partial charge < -0.3 is 10.6 Å². The van der Waals surface area contributed by atoms with Gasteiger partial charge in [-0.1, -0.05) is 29.8 Å². The number of amides is 1. The number of carbonyl (C=O) groups excluding carboxylic acids is 1. The SMILES string of the molecule is CCNc1ccc(Cl)cc1C(=O)N[C@H](C)Cn1ncc2ccccc2c1=O. The van der Waals surface area contributed by atoms with Crippen LogP contribution in [0.2, 0.25) is 5.02 Å². The monoisotopic (exact) mass is 384 g/mol. The summed E-state index contributed by atoms with van der Waals surface area (Å²) in [6.07, 6.45) is 1.66. The normalized spacial score (nSPS) is 12.0. The van der Waals surface area contributed by atoms with Crippen molar-refractivity contribution in [2.75, 3.05) is 11.9 Å². The minimum Gasteiger partial charge on any atom is -0.385 e. The minimum absolute atomic E-state index is 0.176. The third kappa shape index (κ3) is 4.28. The highest BCUT2D eigenvalue weighted by Gasteiger charge is 2.16. The molecule has 140 valence electrons. The van der Waals surface area contributed by atoms with E-state index in [0.29, 0.717) is 28.2 Å². The zero-order valence-electron chi connectivity index (χ0n) is 15.2. The van der Waals surface area contributed by atoms with Crippen molar-refractivity contribution in [2.24, 2.45) is 0 Å². The maximum Gasteiger partial charge on any atom is 0.274 e. The number of nitrogens with one attached hydrogen (secondary N) is 2. The van der Waals surface area contributed by atoms with Crippen molar-refractivity contribution in [1.82, 2.24) is 15.1 Å². The van der Waals surface area contributed by atoms with Gasteiger partial charge >= 0.3 is 0 Å². The van der Waals surface area contributed by atoms with E-state index in [9.17, 15) is 9.59 Å². The number of carbonyl (C=O) groups is 1. The highest BCUT2D eigenvalue weighted by molar-refractivity contribution is 6.31. The van der Waals surface area contributed by atoms with Crippen LogP contribution in [0.3, 0.4) is 0 Å². The maximum atomic E-state index is 12.7. The largest absolute Gasteiger partial charge is 0.385 e. The van der Waals surface area contributed by atoms with Gasteiger partial charge in [0.1, 0.15) is 0 Å². The minimum atomic E-state index is -0.294. The molecular weight excluding hydrogens is 364 g/mol. The molecule has 6 nitrogen and oxygen atoms in total. The Kier molecular flexibility index (Phi) is 5.76. The van der Waals surface area contributed by atoms with Crippen molar-refractivity contribution in [3.8, 4) is 0 Å². The van der Waals surface area contributed by atoms with Crippen LogP contribution in [-0.4, -0.2) is 28.3 Å². The summed E-state index contributed by atoms with van der Waals surface area (Å²) in [5.41, 5.74) is 1.01. The zero-order valence-corrected chi connectivity index (χ0v) is 16.0. The maximum absolute atomic E-state index is 12.7. The van der Waals surface area contributed by atoms with Crippen LogP contribution in [0, 0.1) is 0 Å². The van der Waals surface area contributed by atoms with Gasteiger partial charge in [0.2, 0.25) is 0 Å². The highest BCUT2D eigenvalue weighted by atomic mass is 35.5. The van der Waals surface area contributed by atoms with Gasteiger partial charge in [-0.3, -0.25) is 9.59 Å². The van der Waals surface area contributed by atoms with E-state index in [1.54, 1.807) is 30.5 Å². The molecule has 0 saturated carbocycles. The fourth-order valence-electron chi connectivity index (χ4n) is 2.91. The first-order valence-corrected chi connectivity index (χ1v) is 9.16. The van der Waals surface area contributed by atoms with Gasteiger partial charge in [0.25, 0.3) is 11.5 Å². The number of aromatic nitrogens is 2. The number of hydrogen-bond acceptors (Lipinski definition) is 4. The van der Waals surface area contributed by atoms with Crippen molar-refractivity contribution in [1.29, 1.82) is 0 Å². The van der Waals surface area contributed by atoms with Gasteiger partial charge in [0.05, 0.1) is 23.7 Å². The van der Waals surface area contributed by atoms with Gasteiger partial charge in [-0.05, 0) is 38.1 Å². The molecule has 0 fully saturated rings. The fraction of sp³-hybridized carbons (Fsp3) is 0.250. The Balaban J connectivity index is 1.77. The molecule has 0 spiro atoms. The number of rotatable bonds is 6. The standard InChI is InChI=1S/C20H21ClN4O2/c1-3-22-18-9-8-15(21)10-17(18)19(26)24-13(2)12-25-20(27)16-7-5-4-6-14(16)11-23-25/h4-11,13,22H,3,12H2,1-2H3,(H,24,26)/t13-/m1/s1. The molecule has 2 aromatic carbocycles. The lowest BCUT2D eigenvalue weighted by molar-refractivity contribution is 0.0936. The average Bonchev–Trinajstić information content (AvgIpc) is 2.65. The fourth-order valence-corrected chi connectivity index (χ4v) is 3.09. The quantitative estimate of drug-likeness (QED) is 0.683. The molecule has 0 bridgehead atoms. The van der Waals surface area contributed by atoms with Crippen molar-refractivity contribution >= 4 is 34.0 Å². The first-order chi connectivity index (χ1) is 13.0. The first-order valence-electron chi connectivity index (χ1n) is 8.78. The van der Waals surface area contributed by atoms with Gasteiger partial charge in [-0.2, -0.15) is 5.10 Å². The highest BCUT2D eigenvalue weighted by Crippen LogP contribution is 2.20. The Morgan fingerprint density at radius 2 is 2.04 bits per heavy atom. The van der Waals surface area contributed by atoms with E-state index in [2.05, 4.69) is 15.7 Å². The Morgan fingerprint density at radius 1 is 1.26 bits per heavy atom. The zero-order chi connectivity index (χ0) is 19.4. The van der Waals surface area contributed by atoms with E-state index in [0.717, 1.165) is 5.39 Å². The Bertz CT molecular complexity index is 1030. The molecule has 1 atom stereocenters. The van der Waals surface area contributed by atoms with Crippen LogP contribution in [0.5, 0.6) is 0 Å². The molecule has 0 aliphatic carbocycles. The lowest BCUT2D eigenvalue weighted by Crippen LogP contribution is -2.39. The van der Waals surface area contributed by atoms with Crippen LogP contribution < -0.4 is 16.2 Å². The lowest BCUT2D eigenvalue weighted by atomic mass is 10.1. The van der Waals surface area contributed by atoms with E-state index >= 15 is 0 Å². The average molecular weight is 385 g/mol. The summed E-state index contributed by atoms with van der Waals surface area (Å²) in [5.74, 6) is -0.255. The molecule has 1 aromatic heterocycles. The first kappa shape index (κ1) is 18.9. The number of halogens is 1. The molecule has 0 aliphatic heterocycles. The van der Waals surface area contributed by atoms with Gasteiger partial charge in [0.15, 0.2) is 0 Å². The summed E-state index contributed by atoms with van der Waals surface area (Å²) in [7, 11) is 0. The van der Waals surface area contributed by atoms with Crippen LogP contribution >= 0.6 is 11.6 Å². The van der Waals surface area contributed by atoms with E-state index in [4.69, 9.17) is 11.6 Å². The second kappa shape index (κ2) is 8.22. The molecule has 1 amide bonds. The van der Waals surface area contributed by atoms with Crippen LogP contribution in [-0.2, 0) is 6.54 Å². The lowest BCUT2D eigenvalue weighted by Gasteiger charge is -2.17. The molecule has 27 heavy (non-hydrogen) atoms. The summed E-state index contributed by atoms with van der Waals surface area (Å²) in [6.45, 7) is 4.75. The summed E-state index contributed by atoms with van der Waals surface area (Å²) in [6, 6.07) is 12.2. The Hall–Kier alpha value is -2.86. The predicted molar refractivity (Wildman–Crippen MR) is 109 cm³/mol. The summed E-state index contributed by atoms with van der Waals surface area (Å²) < 4.78 is 1.37. The third-order valence-corrected chi connectivity index (χ3v) is 4.41. The van der Waals surface area contributed by atoms with Crippen molar-refractivity contribution in [3.05, 3.63) is 69.6 Å². The number of fused-ring (bicyclic) bond motifs is 1. The smallest absolute Gasteiger partial charge is 0.274 e. The molecule has 2 N–H and O–H groups in total. The number of benzene rings is 2. The van der Waals surface area contributed by atoms with Crippen LogP contribution in [0.15, 0.2) is 53.5 Å². The molecule has 0 unspecified atom stereocenters. The molecular formula is C20H21ClN4O2. The van der Waals surface area contributed by atoms with E-state index in [1.807, 2.05) is 32.0 Å². The van der Waals surface area contributed by atoms with E-state index in [1.165, 1.54) is 4.68 Å². The summed E-state index contributed by atoms with van der Waals surface area (Å²) in [4.78, 5) is 25.2. The molecule has 0 radical (unpaired) electrons. The van der Waals surface area contributed by atoms with Crippen LogP contribution in [0.25, 0.3) is 10.8 Å². The van der Waals surface area contributed by atoms with Crippen LogP contribution in [0.1, 0.15) is 24.2 Å². The molecule has 7 heteroatoms. The topological polar surface area (TPSA) is 76.0 Å². The van der Waals surface area contributed by atoms with Crippen molar-refractivity contribution in [2.45, 2.75) is 26.4 Å². The van der Waals surface area contributed by atoms with Crippen LogP contribution in [0.4, 0.5) is 5.69 Å². The summed E-state index contributed by atoms with van der Waals surface area (Å²) in [5, 5.41) is 12.2. The van der Waals surface area contributed by atoms with Crippen molar-refractivity contribution < 1.29 is 4.79 Å². The van der Waals surface area contributed by atoms with Gasteiger partial charge in [0, 0.05) is 28.7 Å². The predicted octanol–water partition coefficient (Wildman–Crippen LogP) is 3.30. The Morgan fingerprint density at radius 3 is 2.81 bits per heavy atom. The van der Waals surface area contributed by atoms with E-state index < -0.39 is 0 Å². The van der Waals surface area contributed by atoms with Gasteiger partial charge in [-0.25, -0.2) is 4.68 Å². The molecule has 1 heterocycles. The Labute approximate surface area is 162 Å². The van der Waals surface area contributed by atoms with Crippen molar-refractivity contribution in [3.63, 3.8) is 0 Å². The second-order valence-electron chi connectivity index (χ2n) is 6.31. The van der Waals surface area contributed by atoms with E-state index in [-0.39, 0.29) is 24.1 Å². The number of anilines is 1. The number of nitrogens with zero attached hydrogens (tertiary/aromatic N) is 2. The molecule has 3 aromatic rings. The second-order valence-corrected chi connectivity index (χ2v) is 6.75. The van der Waals surface area contributed by atoms with Gasteiger partial charge in [-0.15, -0.1) is 0 Å². The molecule has 0 saturated heterocycles. The third-order valence-electron chi connectivity index (χ3n) is 4.18. The number of hydrogen-bond donors (Lipinski definition) is 2.